The number of benzene rings is 3. The predicted molar refractivity (Wildman–Crippen MR) is 153 cm³/mol. The molecule has 40 heavy (non-hydrogen) atoms. The Kier molecular flexibility index (Phi) is 7.90. The number of likely N-dealkylation sites (N-methyl/N-ethyl adjacent to an activating group) is 1. The van der Waals surface area contributed by atoms with Gasteiger partial charge >= 0.3 is 6.18 Å². The highest BCUT2D eigenvalue weighted by Gasteiger charge is 2.31. The first-order valence-corrected chi connectivity index (χ1v) is 13.0. The van der Waals surface area contributed by atoms with Crippen molar-refractivity contribution in [2.75, 3.05) is 48.8 Å². The van der Waals surface area contributed by atoms with Crippen molar-refractivity contribution in [2.45, 2.75) is 18.9 Å². The fraction of sp³-hybridized carbons (Fsp3) is 0.267. The Morgan fingerprint density at radius 1 is 0.875 bits per heavy atom. The van der Waals surface area contributed by atoms with Crippen LogP contribution in [0.5, 0.6) is 0 Å². The molecule has 0 amide bonds. The van der Waals surface area contributed by atoms with E-state index in [9.17, 15) is 23.1 Å². The van der Waals surface area contributed by atoms with E-state index in [4.69, 9.17) is 0 Å². The fourth-order valence-corrected chi connectivity index (χ4v) is 4.89. The lowest BCUT2D eigenvalue weighted by Gasteiger charge is -2.34. The highest BCUT2D eigenvalue weighted by atomic mass is 19.4. The van der Waals surface area contributed by atoms with Gasteiger partial charge in [-0.05, 0) is 36.7 Å². The molecule has 1 saturated heterocycles. The van der Waals surface area contributed by atoms with Gasteiger partial charge in [0, 0.05) is 54.1 Å². The number of nitrogens with one attached hydrogen (secondary N) is 2. The van der Waals surface area contributed by atoms with Gasteiger partial charge in [0.1, 0.15) is 0 Å². The van der Waals surface area contributed by atoms with Crippen molar-refractivity contribution in [1.82, 2.24) is 9.88 Å². The highest BCUT2D eigenvalue weighted by molar-refractivity contribution is 5.96. The molecule has 1 aliphatic rings. The normalized spacial score (nSPS) is 15.2. The van der Waals surface area contributed by atoms with Crippen LogP contribution in [0.25, 0.3) is 22.0 Å². The lowest BCUT2D eigenvalue weighted by atomic mass is 10.0. The van der Waals surface area contributed by atoms with E-state index in [0.717, 1.165) is 31.9 Å². The molecule has 0 saturated carbocycles. The van der Waals surface area contributed by atoms with Crippen LogP contribution in [0.2, 0.25) is 0 Å². The van der Waals surface area contributed by atoms with Crippen LogP contribution < -0.4 is 21.0 Å². The molecule has 208 valence electrons. The number of aromatic nitrogens is 1. The Bertz CT molecular complexity index is 1520. The second-order valence-electron chi connectivity index (χ2n) is 9.85. The molecule has 3 N–H and O–H groups in total. The van der Waals surface area contributed by atoms with Gasteiger partial charge in [0.15, 0.2) is 5.82 Å². The van der Waals surface area contributed by atoms with Crippen LogP contribution in [0.15, 0.2) is 83.7 Å². The van der Waals surface area contributed by atoms with Crippen molar-refractivity contribution < 1.29 is 18.3 Å². The Morgan fingerprint density at radius 3 is 2.15 bits per heavy atom. The number of piperazine rings is 1. The first kappa shape index (κ1) is 27.4. The highest BCUT2D eigenvalue weighted by Crippen LogP contribution is 2.31. The number of alkyl halides is 3. The van der Waals surface area contributed by atoms with Crippen LogP contribution in [0.1, 0.15) is 5.56 Å². The molecule has 0 radical (unpaired) electrons. The van der Waals surface area contributed by atoms with Crippen molar-refractivity contribution in [3.63, 3.8) is 0 Å². The van der Waals surface area contributed by atoms with Gasteiger partial charge in [0.25, 0.3) is 0 Å². The predicted octanol–water partition coefficient (Wildman–Crippen LogP) is 4.92. The fourth-order valence-electron chi connectivity index (χ4n) is 4.89. The number of rotatable bonds is 7. The number of halogens is 3. The van der Waals surface area contributed by atoms with E-state index in [-0.39, 0.29) is 11.2 Å². The SMILES string of the molecule is CN1CCN(c2ccc(NC(O)Nc3nc(-c4ccccc4)c4ccccc4c(CC(F)(F)F)c3=O)cc2)CC1. The summed E-state index contributed by atoms with van der Waals surface area (Å²) in [6.45, 7) is 3.76. The molecule has 7 nitrogen and oxygen atoms in total. The molecule has 1 aromatic heterocycles. The molecule has 1 unspecified atom stereocenters. The summed E-state index contributed by atoms with van der Waals surface area (Å²) >= 11 is 0. The quantitative estimate of drug-likeness (QED) is 0.283. The molecule has 1 aliphatic heterocycles. The van der Waals surface area contributed by atoms with Crippen molar-refractivity contribution in [1.29, 1.82) is 0 Å². The molecular formula is C30H30F3N5O2. The summed E-state index contributed by atoms with van der Waals surface area (Å²) in [5.41, 5.74) is 1.20. The lowest BCUT2D eigenvalue weighted by molar-refractivity contribution is -0.127. The third-order valence-corrected chi connectivity index (χ3v) is 6.96. The number of fused-ring (bicyclic) bond motifs is 1. The molecule has 5 rings (SSSR count). The van der Waals surface area contributed by atoms with Gasteiger partial charge in [-0.1, -0.05) is 54.6 Å². The van der Waals surface area contributed by atoms with Gasteiger partial charge in [0.2, 0.25) is 11.8 Å². The minimum Gasteiger partial charge on any atom is -0.369 e. The number of hydrogen-bond acceptors (Lipinski definition) is 7. The Balaban J connectivity index is 1.48. The van der Waals surface area contributed by atoms with E-state index < -0.39 is 29.9 Å². The van der Waals surface area contributed by atoms with Crippen LogP contribution in [0.4, 0.5) is 30.4 Å². The van der Waals surface area contributed by atoms with Gasteiger partial charge < -0.3 is 25.5 Å². The van der Waals surface area contributed by atoms with E-state index in [2.05, 4.69) is 32.5 Å². The summed E-state index contributed by atoms with van der Waals surface area (Å²) < 4.78 is 40.8. The van der Waals surface area contributed by atoms with Crippen LogP contribution in [0.3, 0.4) is 0 Å². The number of anilines is 3. The van der Waals surface area contributed by atoms with E-state index in [1.807, 2.05) is 18.2 Å². The molecule has 0 spiro atoms. The summed E-state index contributed by atoms with van der Waals surface area (Å²) in [4.78, 5) is 22.5. The van der Waals surface area contributed by atoms with Gasteiger partial charge in [-0.3, -0.25) is 4.79 Å². The minimum absolute atomic E-state index is 0.158. The molecule has 0 aliphatic carbocycles. The monoisotopic (exact) mass is 549 g/mol. The topological polar surface area (TPSA) is 80.7 Å². The third-order valence-electron chi connectivity index (χ3n) is 6.96. The molecule has 2 heterocycles. The summed E-state index contributed by atoms with van der Waals surface area (Å²) in [5, 5.41) is 16.8. The zero-order valence-corrected chi connectivity index (χ0v) is 21.9. The zero-order valence-electron chi connectivity index (χ0n) is 21.9. The first-order valence-electron chi connectivity index (χ1n) is 13.0. The van der Waals surface area contributed by atoms with E-state index in [1.54, 1.807) is 54.6 Å². The van der Waals surface area contributed by atoms with Crippen molar-refractivity contribution in [2.24, 2.45) is 0 Å². The van der Waals surface area contributed by atoms with E-state index in [0.29, 0.717) is 22.3 Å². The summed E-state index contributed by atoms with van der Waals surface area (Å²) in [5.74, 6) is -0.386. The molecule has 1 fully saturated rings. The molecule has 0 bridgehead atoms. The van der Waals surface area contributed by atoms with Crippen molar-refractivity contribution in [3.05, 3.63) is 94.6 Å². The maximum atomic E-state index is 13.6. The summed E-state index contributed by atoms with van der Waals surface area (Å²) in [6.07, 6.45) is -7.55. The van der Waals surface area contributed by atoms with E-state index >= 15 is 0 Å². The largest absolute Gasteiger partial charge is 0.393 e. The number of nitrogens with zero attached hydrogens (tertiary/aromatic N) is 3. The smallest absolute Gasteiger partial charge is 0.369 e. The first-order chi connectivity index (χ1) is 19.2. The van der Waals surface area contributed by atoms with Gasteiger partial charge in [-0.2, -0.15) is 13.2 Å². The average Bonchev–Trinajstić information content (AvgIpc) is 3.04. The maximum absolute atomic E-state index is 13.6. The van der Waals surface area contributed by atoms with Crippen LogP contribution in [0, 0.1) is 0 Å². The van der Waals surface area contributed by atoms with Crippen molar-refractivity contribution in [3.8, 4) is 11.3 Å². The minimum atomic E-state index is -4.62. The van der Waals surface area contributed by atoms with Gasteiger partial charge in [-0.15, -0.1) is 0 Å². The number of aliphatic hydroxyl groups excluding tert-OH is 1. The second-order valence-corrected chi connectivity index (χ2v) is 9.85. The lowest BCUT2D eigenvalue weighted by Crippen LogP contribution is -2.44. The Labute approximate surface area is 229 Å². The summed E-state index contributed by atoms with van der Waals surface area (Å²) in [6, 6.07) is 22.8. The number of aliphatic hydroxyl groups is 1. The Morgan fingerprint density at radius 2 is 1.50 bits per heavy atom. The molecule has 3 aromatic carbocycles. The van der Waals surface area contributed by atoms with Crippen LogP contribution >= 0.6 is 0 Å². The van der Waals surface area contributed by atoms with Crippen molar-refractivity contribution >= 4 is 28.0 Å². The van der Waals surface area contributed by atoms with E-state index in [1.165, 1.54) is 6.07 Å². The number of hydrogen-bond donors (Lipinski definition) is 3. The van der Waals surface area contributed by atoms with Gasteiger partial charge in [-0.25, -0.2) is 4.98 Å². The zero-order chi connectivity index (χ0) is 28.3. The molecule has 4 aromatic rings. The van der Waals surface area contributed by atoms with Gasteiger partial charge in [0.05, 0.1) is 12.1 Å². The summed E-state index contributed by atoms with van der Waals surface area (Å²) in [7, 11) is 2.09. The Hall–Kier alpha value is -4.15. The van der Waals surface area contributed by atoms with Crippen LogP contribution in [-0.4, -0.2) is 60.7 Å². The molecule has 10 heteroatoms. The maximum Gasteiger partial charge on any atom is 0.393 e. The second kappa shape index (κ2) is 11.5. The molecular weight excluding hydrogens is 519 g/mol. The van der Waals surface area contributed by atoms with Crippen LogP contribution in [-0.2, 0) is 6.42 Å². The molecule has 1 atom stereocenters. The average molecular weight is 550 g/mol. The third kappa shape index (κ3) is 6.35. The standard InChI is InChI=1S/C30H30F3N5O2/c1-37-15-17-38(18-16-37)22-13-11-21(12-14-22)34-29(40)36-28-27(39)25(19-30(31,32)33)23-9-5-6-10-24(23)26(35-28)20-7-3-2-4-8-20/h2-14,29,34,40H,15-19H2,1H3,(H,35,36,39).